The molecule has 2 amide bonds. The van der Waals surface area contributed by atoms with E-state index >= 15 is 0 Å². The van der Waals surface area contributed by atoms with Crippen LogP contribution in [0.2, 0.25) is 0 Å². The van der Waals surface area contributed by atoms with Crippen molar-refractivity contribution in [3.8, 4) is 5.75 Å². The zero-order chi connectivity index (χ0) is 23.4. The minimum atomic E-state index is -0.532. The molecule has 168 valence electrons. The number of anilines is 2. The van der Waals surface area contributed by atoms with E-state index in [9.17, 15) is 18.8 Å². The average molecular weight is 449 g/mol. The second-order valence-corrected chi connectivity index (χ2v) is 7.17. The number of aryl methyl sites for hydroxylation is 1. The van der Waals surface area contributed by atoms with Crippen molar-refractivity contribution in [1.82, 2.24) is 4.57 Å². The number of carbonyl (C=O) groups excluding carboxylic acids is 2. The molecule has 0 spiro atoms. The van der Waals surface area contributed by atoms with Gasteiger partial charge in [0.1, 0.15) is 11.6 Å². The highest BCUT2D eigenvalue weighted by molar-refractivity contribution is 6.05. The molecule has 0 fully saturated rings. The van der Waals surface area contributed by atoms with Crippen LogP contribution in [0.15, 0.2) is 75.9 Å². The average Bonchev–Trinajstić information content (AvgIpc) is 3.12. The van der Waals surface area contributed by atoms with Crippen LogP contribution in [0.3, 0.4) is 0 Å². The van der Waals surface area contributed by atoms with Crippen LogP contribution in [0, 0.1) is 5.82 Å². The third-order valence-electron chi connectivity index (χ3n) is 4.95. The van der Waals surface area contributed by atoms with Crippen molar-refractivity contribution < 1.29 is 23.1 Å². The molecule has 1 aromatic heterocycles. The molecule has 0 radical (unpaired) electrons. The molecule has 2 N–H and O–H groups in total. The molecule has 3 aromatic carbocycles. The fraction of sp³-hybridized carbons (Fsp3) is 0.125. The van der Waals surface area contributed by atoms with Gasteiger partial charge in [-0.3, -0.25) is 14.2 Å². The van der Waals surface area contributed by atoms with Gasteiger partial charge in [0, 0.05) is 24.2 Å². The Kier molecular flexibility index (Phi) is 6.21. The third kappa shape index (κ3) is 4.93. The summed E-state index contributed by atoms with van der Waals surface area (Å²) < 4.78 is 25.3. The van der Waals surface area contributed by atoms with E-state index in [-0.39, 0.29) is 24.4 Å². The van der Waals surface area contributed by atoms with Crippen LogP contribution in [-0.4, -0.2) is 23.5 Å². The molecule has 0 aliphatic heterocycles. The van der Waals surface area contributed by atoms with E-state index in [1.807, 2.05) is 0 Å². The number of halogens is 1. The molecule has 9 heteroatoms. The molecule has 8 nitrogen and oxygen atoms in total. The summed E-state index contributed by atoms with van der Waals surface area (Å²) >= 11 is 0. The van der Waals surface area contributed by atoms with Gasteiger partial charge in [-0.25, -0.2) is 9.18 Å². The fourth-order valence-corrected chi connectivity index (χ4v) is 3.37. The molecule has 0 saturated heterocycles. The molecule has 0 aliphatic carbocycles. The van der Waals surface area contributed by atoms with Gasteiger partial charge in [0.15, 0.2) is 5.58 Å². The molecular formula is C24H20FN3O5. The maximum atomic E-state index is 13.4. The maximum absolute atomic E-state index is 13.4. The van der Waals surface area contributed by atoms with Gasteiger partial charge in [0.25, 0.3) is 5.91 Å². The Bertz CT molecular complexity index is 1390. The lowest BCUT2D eigenvalue weighted by molar-refractivity contribution is -0.116. The molecule has 33 heavy (non-hydrogen) atoms. The summed E-state index contributed by atoms with van der Waals surface area (Å²) in [5.74, 6) is -1.55. The lowest BCUT2D eigenvalue weighted by Crippen LogP contribution is -2.20. The van der Waals surface area contributed by atoms with Crippen LogP contribution >= 0.6 is 0 Å². The summed E-state index contributed by atoms with van der Waals surface area (Å²) in [6, 6.07) is 17.0. The van der Waals surface area contributed by atoms with Crippen molar-refractivity contribution in [3.05, 3.63) is 88.7 Å². The first-order chi connectivity index (χ1) is 15.9. The Labute approximate surface area is 187 Å². The van der Waals surface area contributed by atoms with Crippen molar-refractivity contribution >= 4 is 34.3 Å². The first-order valence-electron chi connectivity index (χ1n) is 10.1. The van der Waals surface area contributed by atoms with Gasteiger partial charge in [-0.2, -0.15) is 0 Å². The Hall–Kier alpha value is -4.40. The maximum Gasteiger partial charge on any atom is 0.419 e. The molecule has 0 bridgehead atoms. The number of amides is 2. The number of fused-ring (bicyclic) bond motifs is 1. The second kappa shape index (κ2) is 9.39. The number of aromatic nitrogens is 1. The zero-order valence-electron chi connectivity index (χ0n) is 17.6. The number of rotatable bonds is 7. The molecule has 4 aromatic rings. The number of hydrogen-bond donors (Lipinski definition) is 2. The van der Waals surface area contributed by atoms with E-state index in [4.69, 9.17) is 9.15 Å². The molecule has 0 unspecified atom stereocenters. The number of para-hydroxylation sites is 2. The van der Waals surface area contributed by atoms with Crippen molar-refractivity contribution in [2.45, 2.75) is 13.0 Å². The Morgan fingerprint density at radius 3 is 2.64 bits per heavy atom. The number of methoxy groups -OCH3 is 1. The summed E-state index contributed by atoms with van der Waals surface area (Å²) in [6.45, 7) is 0.140. The van der Waals surface area contributed by atoms with Gasteiger partial charge in [-0.15, -0.1) is 0 Å². The van der Waals surface area contributed by atoms with Crippen molar-refractivity contribution in [3.63, 3.8) is 0 Å². The summed E-state index contributed by atoms with van der Waals surface area (Å²) in [5.41, 5.74) is 1.93. The van der Waals surface area contributed by atoms with E-state index in [0.29, 0.717) is 28.2 Å². The van der Waals surface area contributed by atoms with Crippen LogP contribution in [0.5, 0.6) is 5.75 Å². The highest BCUT2D eigenvalue weighted by Gasteiger charge is 2.14. The number of carbonyl (C=O) groups is 2. The Morgan fingerprint density at radius 1 is 1.03 bits per heavy atom. The predicted octanol–water partition coefficient (Wildman–Crippen LogP) is 4.02. The molecule has 4 rings (SSSR count). The van der Waals surface area contributed by atoms with Gasteiger partial charge >= 0.3 is 5.76 Å². The normalized spacial score (nSPS) is 10.7. The van der Waals surface area contributed by atoms with E-state index < -0.39 is 17.5 Å². The van der Waals surface area contributed by atoms with Crippen LogP contribution in [0.4, 0.5) is 15.8 Å². The molecule has 0 aliphatic rings. The summed E-state index contributed by atoms with van der Waals surface area (Å²) in [5, 5.41) is 5.39. The van der Waals surface area contributed by atoms with Crippen LogP contribution in [0.25, 0.3) is 11.1 Å². The van der Waals surface area contributed by atoms with Gasteiger partial charge in [0.2, 0.25) is 5.91 Å². The highest BCUT2D eigenvalue weighted by Crippen LogP contribution is 2.28. The number of oxazole rings is 1. The first kappa shape index (κ1) is 21.8. The van der Waals surface area contributed by atoms with Gasteiger partial charge < -0.3 is 19.8 Å². The predicted molar refractivity (Wildman–Crippen MR) is 121 cm³/mol. The molecular weight excluding hydrogens is 429 g/mol. The summed E-state index contributed by atoms with van der Waals surface area (Å²) in [7, 11) is 1.44. The lowest BCUT2D eigenvalue weighted by Gasteiger charge is -2.13. The minimum Gasteiger partial charge on any atom is -0.495 e. The molecule has 0 atom stereocenters. The van der Waals surface area contributed by atoms with E-state index in [0.717, 1.165) is 6.07 Å². The number of nitrogens with zero attached hydrogens (tertiary/aromatic N) is 1. The number of nitrogens with one attached hydrogen (secondary N) is 2. The lowest BCUT2D eigenvalue weighted by atomic mass is 10.2. The molecule has 1 heterocycles. The van der Waals surface area contributed by atoms with Gasteiger partial charge in [-0.05, 0) is 48.5 Å². The number of benzene rings is 3. The summed E-state index contributed by atoms with van der Waals surface area (Å²) in [4.78, 5) is 37.0. The van der Waals surface area contributed by atoms with Crippen molar-refractivity contribution in [2.75, 3.05) is 17.7 Å². The number of hydrogen-bond acceptors (Lipinski definition) is 5. The Morgan fingerprint density at radius 2 is 1.85 bits per heavy atom. The summed E-state index contributed by atoms with van der Waals surface area (Å²) in [6.07, 6.45) is 0.0282. The second-order valence-electron chi connectivity index (χ2n) is 7.17. The highest BCUT2D eigenvalue weighted by atomic mass is 19.1. The first-order valence-corrected chi connectivity index (χ1v) is 10.1. The monoisotopic (exact) mass is 449 g/mol. The fourth-order valence-electron chi connectivity index (χ4n) is 3.37. The van der Waals surface area contributed by atoms with Crippen molar-refractivity contribution in [2.24, 2.45) is 0 Å². The largest absolute Gasteiger partial charge is 0.495 e. The van der Waals surface area contributed by atoms with E-state index in [2.05, 4.69) is 10.6 Å². The van der Waals surface area contributed by atoms with Gasteiger partial charge in [0.05, 0.1) is 18.3 Å². The molecule has 0 saturated carbocycles. The Balaban J connectivity index is 1.45. The topological polar surface area (TPSA) is 103 Å². The number of ether oxygens (including phenoxy) is 1. The van der Waals surface area contributed by atoms with Crippen molar-refractivity contribution in [1.29, 1.82) is 0 Å². The SMILES string of the molecule is COc1ccc(NC(=O)CCn2c(=O)oc3ccccc32)cc1NC(=O)c1cccc(F)c1. The van der Waals surface area contributed by atoms with E-state index in [1.165, 1.54) is 35.9 Å². The standard InChI is InChI=1S/C24H20FN3O5/c1-32-20-10-9-17(14-18(20)27-23(30)15-5-4-6-16(25)13-15)26-22(29)11-12-28-19-7-2-3-8-21(19)33-24(28)31/h2-10,13-14H,11-12H2,1H3,(H,26,29)(H,27,30). The van der Waals surface area contributed by atoms with Crippen LogP contribution in [0.1, 0.15) is 16.8 Å². The van der Waals surface area contributed by atoms with Crippen LogP contribution < -0.4 is 21.1 Å². The zero-order valence-corrected chi connectivity index (χ0v) is 17.6. The smallest absolute Gasteiger partial charge is 0.419 e. The quantitative estimate of drug-likeness (QED) is 0.444. The van der Waals surface area contributed by atoms with Crippen LogP contribution in [-0.2, 0) is 11.3 Å². The van der Waals surface area contributed by atoms with Gasteiger partial charge in [-0.1, -0.05) is 18.2 Å². The minimum absolute atomic E-state index is 0.0282. The van der Waals surface area contributed by atoms with E-state index in [1.54, 1.807) is 36.4 Å². The third-order valence-corrected chi connectivity index (χ3v) is 4.95.